The zero-order chi connectivity index (χ0) is 22.2. The number of H-pyrrole nitrogens is 1. The van der Waals surface area contributed by atoms with E-state index < -0.39 is 5.92 Å². The Hall–Kier alpha value is -4.30. The minimum Gasteiger partial charge on any atom is -0.507 e. The molecule has 0 aliphatic heterocycles. The Morgan fingerprint density at radius 2 is 1.62 bits per heavy atom. The van der Waals surface area contributed by atoms with Gasteiger partial charge in [0.05, 0.1) is 29.5 Å². The molecule has 1 unspecified atom stereocenters. The summed E-state index contributed by atoms with van der Waals surface area (Å²) in [5.41, 5.74) is 4.04. The fourth-order valence-corrected chi connectivity index (χ4v) is 4.62. The molecule has 0 aliphatic rings. The van der Waals surface area contributed by atoms with E-state index in [0.717, 1.165) is 27.7 Å². The topological polar surface area (TPSA) is 81.8 Å². The van der Waals surface area contributed by atoms with Crippen molar-refractivity contribution in [2.45, 2.75) is 12.3 Å². The number of fused-ring (bicyclic) bond motifs is 2. The molecule has 156 valence electrons. The molecule has 2 aromatic heterocycles. The van der Waals surface area contributed by atoms with E-state index in [1.54, 1.807) is 11.6 Å². The Morgan fingerprint density at radius 3 is 2.38 bits per heavy atom. The summed E-state index contributed by atoms with van der Waals surface area (Å²) < 4.78 is 1.58. The van der Waals surface area contributed by atoms with Gasteiger partial charge in [-0.05, 0) is 29.3 Å². The van der Waals surface area contributed by atoms with Gasteiger partial charge < -0.3 is 14.7 Å². The normalized spacial score (nSPS) is 12.1. The Morgan fingerprint density at radius 1 is 0.969 bits per heavy atom. The van der Waals surface area contributed by atoms with E-state index in [-0.39, 0.29) is 17.7 Å². The molecule has 5 heteroatoms. The summed E-state index contributed by atoms with van der Waals surface area (Å²) in [6.07, 6.45) is 0.192. The first-order valence-electron chi connectivity index (χ1n) is 10.4. The molecule has 0 spiro atoms. The van der Waals surface area contributed by atoms with Gasteiger partial charge in [-0.3, -0.25) is 4.79 Å². The van der Waals surface area contributed by atoms with Crippen LogP contribution in [0.3, 0.4) is 0 Å². The van der Waals surface area contributed by atoms with Crippen molar-refractivity contribution in [2.24, 2.45) is 7.05 Å². The number of para-hydroxylation sites is 2. The molecule has 2 heterocycles. The van der Waals surface area contributed by atoms with Crippen molar-refractivity contribution in [2.75, 3.05) is 0 Å². The number of pyridine rings is 1. The largest absolute Gasteiger partial charge is 0.507 e. The highest BCUT2D eigenvalue weighted by Gasteiger charge is 2.30. The van der Waals surface area contributed by atoms with Crippen molar-refractivity contribution in [1.82, 2.24) is 9.55 Å². The van der Waals surface area contributed by atoms with Crippen LogP contribution in [0.5, 0.6) is 5.75 Å². The van der Waals surface area contributed by atoms with E-state index in [1.807, 2.05) is 78.9 Å². The monoisotopic (exact) mass is 419 g/mol. The van der Waals surface area contributed by atoms with Crippen molar-refractivity contribution in [1.29, 1.82) is 5.26 Å². The Labute approximate surface area is 184 Å². The first-order chi connectivity index (χ1) is 15.6. The molecule has 5 aromatic rings. The average Bonchev–Trinajstić information content (AvgIpc) is 3.19. The quantitative estimate of drug-likeness (QED) is 0.431. The van der Waals surface area contributed by atoms with Gasteiger partial charge in [-0.2, -0.15) is 5.26 Å². The number of aryl methyl sites for hydroxylation is 1. The number of aromatic amines is 1. The van der Waals surface area contributed by atoms with Crippen LogP contribution in [0.1, 0.15) is 28.3 Å². The van der Waals surface area contributed by atoms with Gasteiger partial charge in [0.25, 0.3) is 5.56 Å². The Balaban J connectivity index is 1.91. The number of nitriles is 1. The van der Waals surface area contributed by atoms with Crippen LogP contribution in [-0.2, 0) is 13.5 Å². The molecule has 32 heavy (non-hydrogen) atoms. The Kier molecular flexibility index (Phi) is 4.76. The minimum absolute atomic E-state index is 0.0286. The molecule has 2 N–H and O–H groups in total. The maximum atomic E-state index is 13.6. The number of aromatic nitrogens is 2. The molecule has 0 aliphatic carbocycles. The predicted molar refractivity (Wildman–Crippen MR) is 126 cm³/mol. The zero-order valence-electron chi connectivity index (χ0n) is 17.5. The van der Waals surface area contributed by atoms with Gasteiger partial charge in [-0.25, -0.2) is 0 Å². The molecule has 0 saturated carbocycles. The van der Waals surface area contributed by atoms with E-state index in [4.69, 9.17) is 0 Å². The molecule has 1 atom stereocenters. The highest BCUT2D eigenvalue weighted by Crippen LogP contribution is 2.40. The lowest BCUT2D eigenvalue weighted by Gasteiger charge is -2.21. The third kappa shape index (κ3) is 2.97. The molecule has 0 fully saturated rings. The lowest BCUT2D eigenvalue weighted by atomic mass is 9.85. The van der Waals surface area contributed by atoms with Gasteiger partial charge in [0, 0.05) is 29.0 Å². The third-order valence-electron chi connectivity index (χ3n) is 6.12. The first-order valence-corrected chi connectivity index (χ1v) is 10.4. The van der Waals surface area contributed by atoms with Crippen LogP contribution in [0.4, 0.5) is 0 Å². The molecule has 5 rings (SSSR count). The van der Waals surface area contributed by atoms with E-state index in [9.17, 15) is 15.2 Å². The van der Waals surface area contributed by atoms with Gasteiger partial charge in [-0.1, -0.05) is 60.7 Å². The summed E-state index contributed by atoms with van der Waals surface area (Å²) in [6.45, 7) is 0. The number of hydrogen-bond acceptors (Lipinski definition) is 3. The maximum Gasteiger partial charge on any atom is 0.258 e. The van der Waals surface area contributed by atoms with Gasteiger partial charge in [-0.15, -0.1) is 0 Å². The van der Waals surface area contributed by atoms with E-state index in [1.165, 1.54) is 0 Å². The zero-order valence-corrected chi connectivity index (χ0v) is 17.5. The summed E-state index contributed by atoms with van der Waals surface area (Å²) in [4.78, 5) is 17.1. The van der Waals surface area contributed by atoms with E-state index in [2.05, 4.69) is 11.1 Å². The van der Waals surface area contributed by atoms with Crippen LogP contribution >= 0.6 is 0 Å². The molecule has 0 bridgehead atoms. The highest BCUT2D eigenvalue weighted by molar-refractivity contribution is 5.88. The van der Waals surface area contributed by atoms with Crippen molar-refractivity contribution in [3.05, 3.63) is 112 Å². The molecule has 3 aromatic carbocycles. The van der Waals surface area contributed by atoms with Crippen molar-refractivity contribution in [3.63, 3.8) is 0 Å². The smallest absolute Gasteiger partial charge is 0.258 e. The summed E-state index contributed by atoms with van der Waals surface area (Å²) in [6, 6.07) is 27.0. The number of nitrogens with one attached hydrogen (secondary N) is 1. The van der Waals surface area contributed by atoms with Gasteiger partial charge in [0.15, 0.2) is 0 Å². The van der Waals surface area contributed by atoms with Gasteiger partial charge in [0.2, 0.25) is 0 Å². The molecule has 0 saturated heterocycles. The molecule has 5 nitrogen and oxygen atoms in total. The highest BCUT2D eigenvalue weighted by atomic mass is 16.3. The van der Waals surface area contributed by atoms with Crippen molar-refractivity contribution in [3.8, 4) is 11.8 Å². The summed E-state index contributed by atoms with van der Waals surface area (Å²) in [5, 5.41) is 22.5. The molecule has 0 radical (unpaired) electrons. The standard InChI is InChI=1S/C27H21N3O2/c1-30-22-14-8-6-12-20(22)26(31)24(27(30)32)23(17-9-3-2-4-10-17)25-19(15-16-28)18-11-5-7-13-21(18)29-25/h2-14,23,29,31H,15H2,1H3. The number of hydrogen-bond donors (Lipinski definition) is 2. The van der Waals surface area contributed by atoms with Crippen LogP contribution < -0.4 is 5.56 Å². The second kappa shape index (κ2) is 7.75. The number of aromatic hydroxyl groups is 1. The van der Waals surface area contributed by atoms with Gasteiger partial charge >= 0.3 is 0 Å². The predicted octanol–water partition coefficient (Wildman–Crippen LogP) is 4.97. The van der Waals surface area contributed by atoms with Crippen molar-refractivity contribution < 1.29 is 5.11 Å². The minimum atomic E-state index is -0.560. The number of benzene rings is 3. The second-order valence-electron chi connectivity index (χ2n) is 7.88. The van der Waals surface area contributed by atoms with Gasteiger partial charge in [0.1, 0.15) is 5.75 Å². The first kappa shape index (κ1) is 19.7. The fraction of sp³-hybridized carbons (Fsp3) is 0.111. The maximum absolute atomic E-state index is 13.6. The fourth-order valence-electron chi connectivity index (χ4n) is 4.62. The van der Waals surface area contributed by atoms with Crippen LogP contribution in [0, 0.1) is 11.3 Å². The molecular weight excluding hydrogens is 398 g/mol. The lowest BCUT2D eigenvalue weighted by molar-refractivity contribution is 0.470. The SMILES string of the molecule is Cn1c(=O)c(C(c2ccccc2)c2[nH]c3ccccc3c2CC#N)c(O)c2ccccc21. The Bertz CT molecular complexity index is 1560. The summed E-state index contributed by atoms with van der Waals surface area (Å²) in [5.74, 6) is -0.589. The van der Waals surface area contributed by atoms with Crippen LogP contribution in [0.25, 0.3) is 21.8 Å². The summed E-state index contributed by atoms with van der Waals surface area (Å²) >= 11 is 0. The van der Waals surface area contributed by atoms with E-state index in [0.29, 0.717) is 16.5 Å². The summed E-state index contributed by atoms with van der Waals surface area (Å²) in [7, 11) is 1.72. The molecular formula is C27H21N3O2. The third-order valence-corrected chi connectivity index (χ3v) is 6.12. The van der Waals surface area contributed by atoms with Crippen LogP contribution in [0.15, 0.2) is 83.7 Å². The van der Waals surface area contributed by atoms with Crippen molar-refractivity contribution >= 4 is 21.8 Å². The number of nitrogens with zero attached hydrogens (tertiary/aromatic N) is 2. The van der Waals surface area contributed by atoms with E-state index >= 15 is 0 Å². The second-order valence-corrected chi connectivity index (χ2v) is 7.88. The average molecular weight is 419 g/mol. The number of rotatable bonds is 4. The van der Waals surface area contributed by atoms with Crippen LogP contribution in [0.2, 0.25) is 0 Å². The molecule has 0 amide bonds. The lowest BCUT2D eigenvalue weighted by Crippen LogP contribution is -2.25. The van der Waals surface area contributed by atoms with Crippen LogP contribution in [-0.4, -0.2) is 14.7 Å².